The molecule has 3 heterocycles. The van der Waals surface area contributed by atoms with E-state index in [1.165, 1.54) is 21.9 Å². The SMILES string of the molecule is Cc1cc(F)cc(N[C@@H]2CCCN([C@@H]3CN(c4ncnc(N)c4F)CC[C@H]3C(F)(F)F)C2=O)c1. The zero-order chi connectivity index (χ0) is 24.6. The number of anilines is 3. The molecule has 2 saturated heterocycles. The predicted octanol–water partition coefficient (Wildman–Crippen LogP) is 3.51. The van der Waals surface area contributed by atoms with Crippen molar-refractivity contribution in [3.63, 3.8) is 0 Å². The molecule has 1 aromatic carbocycles. The minimum atomic E-state index is -4.54. The number of carbonyl (C=O) groups excluding carboxylic acids is 1. The summed E-state index contributed by atoms with van der Waals surface area (Å²) in [4.78, 5) is 23.3. The number of amides is 1. The third-order valence-corrected chi connectivity index (χ3v) is 6.36. The van der Waals surface area contributed by atoms with E-state index in [1.807, 2.05) is 0 Å². The molecule has 7 nitrogen and oxygen atoms in total. The van der Waals surface area contributed by atoms with Gasteiger partial charge in [-0.25, -0.2) is 14.4 Å². The Kier molecular flexibility index (Phi) is 6.50. The first kappa shape index (κ1) is 24.0. The number of nitrogen functional groups attached to an aromatic ring is 1. The summed E-state index contributed by atoms with van der Waals surface area (Å²) in [5, 5.41) is 2.97. The summed E-state index contributed by atoms with van der Waals surface area (Å²) in [6, 6.07) is 2.20. The highest BCUT2D eigenvalue weighted by molar-refractivity contribution is 5.86. The van der Waals surface area contributed by atoms with E-state index in [-0.39, 0.29) is 31.9 Å². The Morgan fingerprint density at radius 3 is 2.59 bits per heavy atom. The standard InChI is InChI=1S/C22H25F5N6O/c1-12-7-13(23)9-14(8-12)31-16-3-2-5-33(21(16)34)17-10-32(6-4-15(17)22(25,26)27)20-18(24)19(28)29-11-30-20/h7-9,11,15-17,31H,2-6,10H2,1H3,(H2,28,29,30)/t15-,16-,17-/m1/s1. The van der Waals surface area contributed by atoms with Gasteiger partial charge in [-0.1, -0.05) is 0 Å². The van der Waals surface area contributed by atoms with Crippen LogP contribution in [0.15, 0.2) is 24.5 Å². The molecule has 0 unspecified atom stereocenters. The molecule has 2 aromatic rings. The van der Waals surface area contributed by atoms with Crippen molar-refractivity contribution < 1.29 is 26.7 Å². The van der Waals surface area contributed by atoms with E-state index in [1.54, 1.807) is 13.0 Å². The van der Waals surface area contributed by atoms with Crippen molar-refractivity contribution in [3.8, 4) is 0 Å². The summed E-state index contributed by atoms with van der Waals surface area (Å²) < 4.78 is 70.1. The summed E-state index contributed by atoms with van der Waals surface area (Å²) in [6.45, 7) is 1.49. The van der Waals surface area contributed by atoms with Gasteiger partial charge < -0.3 is 20.9 Å². The maximum absolute atomic E-state index is 14.5. The largest absolute Gasteiger partial charge is 0.393 e. The number of likely N-dealkylation sites (tertiary alicyclic amines) is 1. The van der Waals surface area contributed by atoms with Crippen LogP contribution in [0.1, 0.15) is 24.8 Å². The van der Waals surface area contributed by atoms with Crippen molar-refractivity contribution in [1.29, 1.82) is 0 Å². The first-order valence-electron chi connectivity index (χ1n) is 11.0. The van der Waals surface area contributed by atoms with Gasteiger partial charge in [0.25, 0.3) is 0 Å². The lowest BCUT2D eigenvalue weighted by molar-refractivity contribution is -0.197. The quantitative estimate of drug-likeness (QED) is 0.646. The summed E-state index contributed by atoms with van der Waals surface area (Å²) in [5.41, 5.74) is 6.53. The van der Waals surface area contributed by atoms with E-state index in [0.717, 1.165) is 6.33 Å². The first-order valence-corrected chi connectivity index (χ1v) is 11.0. The van der Waals surface area contributed by atoms with Gasteiger partial charge in [0, 0.05) is 25.3 Å². The van der Waals surface area contributed by atoms with Gasteiger partial charge in [0.05, 0.1) is 12.0 Å². The molecular formula is C22H25F5N6O. The van der Waals surface area contributed by atoms with Crippen molar-refractivity contribution in [3.05, 3.63) is 41.7 Å². The van der Waals surface area contributed by atoms with Crippen LogP contribution in [0.4, 0.5) is 39.3 Å². The number of aromatic nitrogens is 2. The monoisotopic (exact) mass is 484 g/mol. The highest BCUT2D eigenvalue weighted by Crippen LogP contribution is 2.39. The van der Waals surface area contributed by atoms with Gasteiger partial charge in [0.15, 0.2) is 11.6 Å². The maximum atomic E-state index is 14.5. The second-order valence-electron chi connectivity index (χ2n) is 8.73. The number of alkyl halides is 3. The van der Waals surface area contributed by atoms with Crippen LogP contribution >= 0.6 is 0 Å². The van der Waals surface area contributed by atoms with Crippen molar-refractivity contribution in [2.75, 3.05) is 35.6 Å². The molecule has 34 heavy (non-hydrogen) atoms. The predicted molar refractivity (Wildman–Crippen MR) is 116 cm³/mol. The van der Waals surface area contributed by atoms with Crippen molar-refractivity contribution >= 4 is 23.2 Å². The number of nitrogens with two attached hydrogens (primary N) is 1. The molecule has 0 radical (unpaired) electrons. The number of piperidine rings is 2. The minimum Gasteiger partial charge on any atom is -0.381 e. The Hall–Kier alpha value is -3.18. The lowest BCUT2D eigenvalue weighted by Gasteiger charge is -2.47. The molecule has 1 amide bonds. The molecule has 184 valence electrons. The summed E-state index contributed by atoms with van der Waals surface area (Å²) in [6.07, 6.45) is -2.96. The number of hydrogen-bond acceptors (Lipinski definition) is 6. The van der Waals surface area contributed by atoms with Crippen molar-refractivity contribution in [2.45, 2.75) is 44.4 Å². The van der Waals surface area contributed by atoms with E-state index in [2.05, 4.69) is 15.3 Å². The number of aryl methyl sites for hydroxylation is 1. The second-order valence-corrected chi connectivity index (χ2v) is 8.73. The number of hydrogen-bond donors (Lipinski definition) is 2. The average molecular weight is 484 g/mol. The fourth-order valence-corrected chi connectivity index (χ4v) is 4.80. The highest BCUT2D eigenvalue weighted by Gasteiger charge is 2.51. The van der Waals surface area contributed by atoms with E-state index >= 15 is 0 Å². The number of halogens is 5. The Morgan fingerprint density at radius 2 is 1.88 bits per heavy atom. The van der Waals surface area contributed by atoms with E-state index in [9.17, 15) is 26.7 Å². The fraction of sp³-hybridized carbons (Fsp3) is 0.500. The Bertz CT molecular complexity index is 1040. The molecule has 0 bridgehead atoms. The maximum Gasteiger partial charge on any atom is 0.393 e. The van der Waals surface area contributed by atoms with Gasteiger partial charge in [-0.15, -0.1) is 0 Å². The molecule has 1 aromatic heterocycles. The zero-order valence-corrected chi connectivity index (χ0v) is 18.4. The van der Waals surface area contributed by atoms with Crippen LogP contribution in [0.2, 0.25) is 0 Å². The van der Waals surface area contributed by atoms with Gasteiger partial charge in [0.2, 0.25) is 11.7 Å². The van der Waals surface area contributed by atoms with E-state index in [0.29, 0.717) is 24.1 Å². The number of nitrogens with one attached hydrogen (secondary N) is 1. The summed E-state index contributed by atoms with van der Waals surface area (Å²) in [5.74, 6) is -4.25. The molecule has 2 aliphatic rings. The van der Waals surface area contributed by atoms with Crippen molar-refractivity contribution in [1.82, 2.24) is 14.9 Å². The van der Waals surface area contributed by atoms with Crippen LogP contribution in [0.25, 0.3) is 0 Å². The minimum absolute atomic E-state index is 0.0969. The number of nitrogens with zero attached hydrogens (tertiary/aromatic N) is 4. The summed E-state index contributed by atoms with van der Waals surface area (Å²) in [7, 11) is 0. The zero-order valence-electron chi connectivity index (χ0n) is 18.4. The van der Waals surface area contributed by atoms with Gasteiger partial charge in [-0.2, -0.15) is 17.6 Å². The molecule has 0 aliphatic carbocycles. The van der Waals surface area contributed by atoms with Gasteiger partial charge in [-0.05, 0) is 49.9 Å². The molecule has 3 atom stereocenters. The molecule has 2 fully saturated rings. The van der Waals surface area contributed by atoms with Crippen LogP contribution in [-0.2, 0) is 4.79 Å². The lowest BCUT2D eigenvalue weighted by atomic mass is 9.87. The molecule has 4 rings (SSSR count). The normalized spacial score (nSPS) is 23.8. The number of benzene rings is 1. The fourth-order valence-electron chi connectivity index (χ4n) is 4.80. The molecular weight excluding hydrogens is 459 g/mol. The van der Waals surface area contributed by atoms with Gasteiger partial charge >= 0.3 is 6.18 Å². The molecule has 12 heteroatoms. The third-order valence-electron chi connectivity index (χ3n) is 6.36. The van der Waals surface area contributed by atoms with Crippen LogP contribution in [0, 0.1) is 24.5 Å². The summed E-state index contributed by atoms with van der Waals surface area (Å²) >= 11 is 0. The van der Waals surface area contributed by atoms with E-state index in [4.69, 9.17) is 5.73 Å². The smallest absolute Gasteiger partial charge is 0.381 e. The van der Waals surface area contributed by atoms with Crippen LogP contribution < -0.4 is 16.0 Å². The first-order chi connectivity index (χ1) is 16.0. The molecule has 3 N–H and O–H groups in total. The molecule has 0 spiro atoms. The van der Waals surface area contributed by atoms with E-state index < -0.39 is 47.5 Å². The number of rotatable bonds is 4. The second kappa shape index (κ2) is 9.22. The number of carbonyl (C=O) groups is 1. The topological polar surface area (TPSA) is 87.4 Å². The van der Waals surface area contributed by atoms with Crippen molar-refractivity contribution in [2.24, 2.45) is 5.92 Å². The van der Waals surface area contributed by atoms with Gasteiger partial charge in [0.1, 0.15) is 18.2 Å². The third kappa shape index (κ3) is 4.85. The Labute approximate surface area is 193 Å². The Balaban J connectivity index is 1.59. The highest BCUT2D eigenvalue weighted by atomic mass is 19.4. The molecule has 0 saturated carbocycles. The average Bonchev–Trinajstić information content (AvgIpc) is 2.75. The lowest BCUT2D eigenvalue weighted by Crippen LogP contribution is -2.62. The van der Waals surface area contributed by atoms with Crippen LogP contribution in [0.5, 0.6) is 0 Å². The van der Waals surface area contributed by atoms with Crippen LogP contribution in [0.3, 0.4) is 0 Å². The van der Waals surface area contributed by atoms with Crippen LogP contribution in [-0.4, -0.2) is 58.7 Å². The Morgan fingerprint density at radius 1 is 1.12 bits per heavy atom. The molecule has 2 aliphatic heterocycles. The van der Waals surface area contributed by atoms with Gasteiger partial charge in [-0.3, -0.25) is 4.79 Å².